The third-order valence-electron chi connectivity index (χ3n) is 15.0. The van der Waals surface area contributed by atoms with Crippen molar-refractivity contribution in [3.05, 3.63) is 205 Å². The number of fused-ring (bicyclic) bond motifs is 4. The Kier molecular flexibility index (Phi) is 10.00. The van der Waals surface area contributed by atoms with Crippen molar-refractivity contribution in [2.45, 2.75) is 27.7 Å². The Morgan fingerprint density at radius 3 is 1.07 bits per heavy atom. The lowest BCUT2D eigenvalue weighted by Gasteiger charge is -2.32. The van der Waals surface area contributed by atoms with Crippen LogP contribution in [-0.4, -0.2) is 50.7 Å². The summed E-state index contributed by atoms with van der Waals surface area (Å²) in [5.41, 5.74) is 19.4. The van der Waals surface area contributed by atoms with Crippen molar-refractivity contribution in [1.82, 2.24) is 9.97 Å². The number of aromatic nitrogens is 2. The average molecular weight is 976 g/mol. The van der Waals surface area contributed by atoms with Crippen LogP contribution in [0.4, 0.5) is 79.6 Å². The first kappa shape index (κ1) is 41.5. The molecule has 0 saturated carbocycles. The Hall–Kier alpha value is -9.16. The van der Waals surface area contributed by atoms with Gasteiger partial charge in [0.05, 0.1) is 71.2 Å². The molecule has 366 valence electrons. The second-order valence-electron chi connectivity index (χ2n) is 19.4. The molecule has 0 saturated heterocycles. The highest BCUT2D eigenvalue weighted by Crippen LogP contribution is 2.52. The number of nitrogens with zero attached hydrogens (tertiary/aromatic N) is 10. The number of anilines is 14. The first-order valence-corrected chi connectivity index (χ1v) is 24.9. The zero-order valence-electron chi connectivity index (χ0n) is 44.9. The van der Waals surface area contributed by atoms with E-state index >= 15 is 0 Å². The zero-order chi connectivity index (χ0) is 52.7. The van der Waals surface area contributed by atoms with E-state index in [1.807, 2.05) is 78.0 Å². The lowest BCUT2D eigenvalue weighted by molar-refractivity contribution is 0.482. The van der Waals surface area contributed by atoms with Crippen LogP contribution in [0.25, 0.3) is 0 Å². The van der Waals surface area contributed by atoms with Crippen molar-refractivity contribution in [3.63, 3.8) is 0 Å². The van der Waals surface area contributed by atoms with Crippen LogP contribution in [0.1, 0.15) is 26.4 Å². The van der Waals surface area contributed by atoms with Gasteiger partial charge in [0.15, 0.2) is 0 Å². The molecule has 0 radical (unpaired) electrons. The molecule has 0 N–H and O–H groups in total. The number of hydrogen-bond donors (Lipinski definition) is 0. The van der Waals surface area contributed by atoms with E-state index in [1.165, 1.54) is 38.5 Å². The second kappa shape index (κ2) is 17.9. The fourth-order valence-corrected chi connectivity index (χ4v) is 11.3. The number of pyridine rings is 2. The van der Waals surface area contributed by atoms with Crippen molar-refractivity contribution in [2.75, 3.05) is 79.9 Å². The van der Waals surface area contributed by atoms with Gasteiger partial charge in [0, 0.05) is 88.9 Å². The van der Waals surface area contributed by atoms with E-state index in [4.69, 9.17) is 13.6 Å². The Morgan fingerprint density at radius 1 is 0.365 bits per heavy atom. The summed E-state index contributed by atoms with van der Waals surface area (Å²) < 4.78 is 37.7. The van der Waals surface area contributed by atoms with Gasteiger partial charge in [-0.05, 0) is 135 Å². The van der Waals surface area contributed by atoms with E-state index in [9.17, 15) is 0 Å². The fourth-order valence-electron chi connectivity index (χ4n) is 11.3. The third-order valence-corrected chi connectivity index (χ3v) is 15.0. The van der Waals surface area contributed by atoms with Gasteiger partial charge in [0.25, 0.3) is 0 Å². The van der Waals surface area contributed by atoms with Crippen LogP contribution >= 0.6 is 0 Å². The number of ether oxygens (including phenoxy) is 2. The van der Waals surface area contributed by atoms with E-state index < -0.39 is 6.98 Å². The topological polar surface area (TPSA) is 70.2 Å². The minimum absolute atomic E-state index is 0.170. The first-order chi connectivity index (χ1) is 37.4. The highest BCUT2D eigenvalue weighted by molar-refractivity contribution is 5.94. The summed E-state index contributed by atoms with van der Waals surface area (Å²) in [7, 11) is 2.09. The normalized spacial score (nSPS) is 15.2. The van der Waals surface area contributed by atoms with Crippen LogP contribution in [0.3, 0.4) is 0 Å². The van der Waals surface area contributed by atoms with Crippen LogP contribution in [0.2, 0.25) is 0 Å². The number of benzene rings is 7. The van der Waals surface area contributed by atoms with Gasteiger partial charge >= 0.3 is 0 Å². The van der Waals surface area contributed by atoms with Crippen molar-refractivity contribution in [1.29, 1.82) is 0 Å². The molecular weight excluding hydrogens is 917 g/mol. The van der Waals surface area contributed by atoms with Crippen LogP contribution in [0, 0.1) is 27.7 Å². The summed E-state index contributed by atoms with van der Waals surface area (Å²) in [5.74, 6) is 2.87. The SMILES string of the molecule is [2H]C([2H])([2H])N1CN(c2cccc(Oc3cccc(N4CN(c5c(C)c(C)c(N6CN(c7cccc(Oc8cccc(N9CN(C)c%10cnccc%109)c8)c7)c7ccccc76)c(C)c5C)c5ccccc54)c3)c2)c2ccncc21. The van der Waals surface area contributed by atoms with Crippen molar-refractivity contribution in [3.8, 4) is 23.0 Å². The maximum atomic E-state index is 8.16. The molecule has 0 amide bonds. The van der Waals surface area contributed by atoms with Crippen LogP contribution in [-0.2, 0) is 0 Å². The summed E-state index contributed by atoms with van der Waals surface area (Å²) in [6, 6.07) is 53.9. The lowest BCUT2D eigenvalue weighted by atomic mass is 9.94. The summed E-state index contributed by atoms with van der Waals surface area (Å²) in [4.78, 5) is 26.1. The summed E-state index contributed by atoms with van der Waals surface area (Å²) in [6.45, 7) is 8.88. The maximum absolute atomic E-state index is 8.16. The maximum Gasteiger partial charge on any atom is 0.129 e. The van der Waals surface area contributed by atoms with Crippen molar-refractivity contribution in [2.24, 2.45) is 0 Å². The monoisotopic (exact) mass is 975 g/mol. The Morgan fingerprint density at radius 2 is 0.689 bits per heavy atom. The molecule has 9 aromatic rings. The van der Waals surface area contributed by atoms with Gasteiger partial charge < -0.3 is 48.7 Å². The molecule has 0 spiro atoms. The predicted molar refractivity (Wildman–Crippen MR) is 302 cm³/mol. The minimum Gasteiger partial charge on any atom is -0.457 e. The Bertz CT molecular complexity index is 3750. The first-order valence-electron chi connectivity index (χ1n) is 26.4. The van der Waals surface area contributed by atoms with Gasteiger partial charge in [-0.25, -0.2) is 0 Å². The standard InChI is InChI=1S/C62H56N10O2/c1-41-42(2)62(72-40-70(54-24-8-10-26-56(54)72)48-18-14-22-52(34-48)74-50-20-12-16-46(32-50)68-38-66(6)60-36-64-30-28-58(60)68)44(4)43(3)61(41)71-39-69(53-23-7-9-25-55(53)71)47-17-13-21-51(33-47)73-49-19-11-15-45(31-49)67-37-65(5)59-35-63-29-27-57(59)67/h7-36H,37-40H2,1-6H3/i5D3. The van der Waals surface area contributed by atoms with Crippen molar-refractivity contribution < 1.29 is 13.6 Å². The molecule has 0 unspecified atom stereocenters. The van der Waals surface area contributed by atoms with Crippen LogP contribution < -0.4 is 48.7 Å². The Balaban J connectivity index is 0.758. The lowest BCUT2D eigenvalue weighted by Crippen LogP contribution is -2.28. The largest absolute Gasteiger partial charge is 0.457 e. The van der Waals surface area contributed by atoms with Gasteiger partial charge in [-0.1, -0.05) is 48.5 Å². The predicted octanol–water partition coefficient (Wildman–Crippen LogP) is 14.9. The molecule has 12 nitrogen and oxygen atoms in total. The fraction of sp³-hybridized carbons (Fsp3) is 0.161. The van der Waals surface area contributed by atoms with E-state index in [0.29, 0.717) is 30.5 Å². The second-order valence-corrected chi connectivity index (χ2v) is 19.4. The van der Waals surface area contributed by atoms with Crippen LogP contribution in [0.15, 0.2) is 183 Å². The molecular formula is C62H56N10O2. The molecule has 4 aliphatic heterocycles. The smallest absolute Gasteiger partial charge is 0.129 e. The van der Waals surface area contributed by atoms with E-state index in [1.54, 1.807) is 12.4 Å². The highest BCUT2D eigenvalue weighted by atomic mass is 16.5. The van der Waals surface area contributed by atoms with Gasteiger partial charge in [-0.15, -0.1) is 0 Å². The molecule has 0 atom stereocenters. The van der Waals surface area contributed by atoms with Gasteiger partial charge in [0.1, 0.15) is 36.3 Å². The van der Waals surface area contributed by atoms with Gasteiger partial charge in [-0.3, -0.25) is 9.97 Å². The third kappa shape index (κ3) is 7.51. The van der Waals surface area contributed by atoms with Crippen LogP contribution in [0.5, 0.6) is 23.0 Å². The van der Waals surface area contributed by atoms with E-state index in [2.05, 4.69) is 171 Å². The van der Waals surface area contributed by atoms with E-state index in [0.717, 1.165) is 80.7 Å². The molecule has 7 aromatic carbocycles. The molecule has 13 rings (SSSR count). The number of rotatable bonds is 10. The molecule has 74 heavy (non-hydrogen) atoms. The molecule has 2 aromatic heterocycles. The molecule has 6 heterocycles. The summed E-state index contributed by atoms with van der Waals surface area (Å²) in [5, 5.41) is 0. The highest BCUT2D eigenvalue weighted by Gasteiger charge is 2.35. The van der Waals surface area contributed by atoms with Gasteiger partial charge in [0.2, 0.25) is 0 Å². The minimum atomic E-state index is -2.31. The van der Waals surface area contributed by atoms with Gasteiger partial charge in [-0.2, -0.15) is 0 Å². The quantitative estimate of drug-likeness (QED) is 0.131. The van der Waals surface area contributed by atoms with Crippen molar-refractivity contribution >= 4 is 79.6 Å². The molecule has 12 heteroatoms. The summed E-state index contributed by atoms with van der Waals surface area (Å²) in [6.07, 6.45) is 7.05. The van der Waals surface area contributed by atoms with E-state index in [-0.39, 0.29) is 6.67 Å². The summed E-state index contributed by atoms with van der Waals surface area (Å²) >= 11 is 0. The molecule has 0 fully saturated rings. The zero-order valence-corrected chi connectivity index (χ0v) is 41.9. The molecule has 0 bridgehead atoms. The Labute approximate surface area is 436 Å². The number of para-hydroxylation sites is 4. The number of hydrogen-bond acceptors (Lipinski definition) is 12. The molecule has 0 aliphatic carbocycles. The average Bonchev–Trinajstić information content (AvgIpc) is 4.33. The molecule has 4 aliphatic rings.